The van der Waals surface area contributed by atoms with Crippen LogP contribution in [0.4, 0.5) is 11.4 Å². The molecule has 1 fully saturated rings. The summed E-state index contributed by atoms with van der Waals surface area (Å²) >= 11 is 0. The van der Waals surface area contributed by atoms with Crippen LogP contribution in [0.15, 0.2) is 48.5 Å². The van der Waals surface area contributed by atoms with Crippen LogP contribution in [0.3, 0.4) is 0 Å². The van der Waals surface area contributed by atoms with Crippen LogP contribution in [0.1, 0.15) is 35.7 Å². The van der Waals surface area contributed by atoms with E-state index in [1.165, 1.54) is 5.01 Å². The van der Waals surface area contributed by atoms with Crippen molar-refractivity contribution in [2.75, 3.05) is 16.9 Å². The monoisotopic (exact) mass is 402 g/mol. The van der Waals surface area contributed by atoms with Gasteiger partial charge in [-0.15, -0.1) is 12.4 Å². The van der Waals surface area contributed by atoms with Crippen LogP contribution in [0.2, 0.25) is 0 Å². The fraction of sp³-hybridized carbons (Fsp3) is 0.250. The van der Waals surface area contributed by atoms with Gasteiger partial charge < -0.3 is 10.6 Å². The van der Waals surface area contributed by atoms with Crippen LogP contribution < -0.4 is 21.1 Å². The number of carbonyl (C=O) groups excluding carboxylic acids is 3. The molecule has 0 atom stereocenters. The Hall–Kier alpha value is -2.90. The number of nitrogens with zero attached hydrogens (tertiary/aromatic N) is 1. The number of rotatable bonds is 6. The second-order valence-electron chi connectivity index (χ2n) is 6.20. The lowest BCUT2D eigenvalue weighted by molar-refractivity contribution is -0.130. The van der Waals surface area contributed by atoms with Crippen molar-refractivity contribution in [3.63, 3.8) is 0 Å². The van der Waals surface area contributed by atoms with Crippen molar-refractivity contribution in [2.45, 2.75) is 26.3 Å². The number of hydrazine groups is 1. The van der Waals surface area contributed by atoms with E-state index in [2.05, 4.69) is 16.1 Å². The van der Waals surface area contributed by atoms with Crippen LogP contribution in [0, 0.1) is 0 Å². The molecule has 8 heteroatoms. The van der Waals surface area contributed by atoms with E-state index in [4.69, 9.17) is 0 Å². The highest BCUT2D eigenvalue weighted by Crippen LogP contribution is 2.20. The molecule has 0 saturated carbocycles. The third-order valence-electron chi connectivity index (χ3n) is 4.27. The Morgan fingerprint density at radius 1 is 1.07 bits per heavy atom. The van der Waals surface area contributed by atoms with Crippen molar-refractivity contribution < 1.29 is 14.4 Å². The SMILES string of the molecule is CCNCc1ccccc1NC(=O)c1ccc(N2NC(=O)CCC2=O)cc1.Cl. The number of nitrogens with one attached hydrogen (secondary N) is 3. The highest BCUT2D eigenvalue weighted by atomic mass is 35.5. The van der Waals surface area contributed by atoms with E-state index in [1.807, 2.05) is 31.2 Å². The molecule has 148 valence electrons. The third kappa shape index (κ3) is 5.09. The molecule has 3 N–H and O–H groups in total. The third-order valence-corrected chi connectivity index (χ3v) is 4.27. The summed E-state index contributed by atoms with van der Waals surface area (Å²) in [5.41, 5.74) is 5.29. The van der Waals surface area contributed by atoms with E-state index < -0.39 is 0 Å². The molecule has 28 heavy (non-hydrogen) atoms. The van der Waals surface area contributed by atoms with Crippen LogP contribution in [0.25, 0.3) is 0 Å². The second kappa shape index (κ2) is 9.87. The number of halogens is 1. The summed E-state index contributed by atoms with van der Waals surface area (Å²) in [5.74, 6) is -0.614. The number of hydrogen-bond donors (Lipinski definition) is 3. The van der Waals surface area contributed by atoms with E-state index in [-0.39, 0.29) is 43.0 Å². The van der Waals surface area contributed by atoms with E-state index in [1.54, 1.807) is 24.3 Å². The molecule has 0 unspecified atom stereocenters. The maximum absolute atomic E-state index is 12.6. The van der Waals surface area contributed by atoms with Gasteiger partial charge in [0.1, 0.15) is 0 Å². The summed E-state index contributed by atoms with van der Waals surface area (Å²) in [4.78, 5) is 36.0. The predicted octanol–water partition coefficient (Wildman–Crippen LogP) is 2.63. The van der Waals surface area contributed by atoms with E-state index in [0.717, 1.165) is 17.8 Å². The smallest absolute Gasteiger partial charge is 0.255 e. The fourth-order valence-corrected chi connectivity index (χ4v) is 2.80. The first-order valence-electron chi connectivity index (χ1n) is 8.91. The van der Waals surface area contributed by atoms with Gasteiger partial charge in [-0.1, -0.05) is 25.1 Å². The molecule has 3 rings (SSSR count). The van der Waals surface area contributed by atoms with E-state index >= 15 is 0 Å². The molecule has 0 aliphatic carbocycles. The van der Waals surface area contributed by atoms with Gasteiger partial charge in [0.05, 0.1) is 5.69 Å². The quantitative estimate of drug-likeness (QED) is 0.692. The van der Waals surface area contributed by atoms with Crippen LogP contribution in [-0.4, -0.2) is 24.3 Å². The Kier molecular flexibility index (Phi) is 7.54. The highest BCUT2D eigenvalue weighted by Gasteiger charge is 2.24. The van der Waals surface area contributed by atoms with Crippen molar-refractivity contribution in [2.24, 2.45) is 0 Å². The lowest BCUT2D eigenvalue weighted by Gasteiger charge is -2.27. The van der Waals surface area contributed by atoms with E-state index in [9.17, 15) is 14.4 Å². The molecule has 1 aliphatic heterocycles. The lowest BCUT2D eigenvalue weighted by Crippen LogP contribution is -2.50. The number of benzene rings is 2. The standard InChI is InChI=1S/C20H22N4O3.ClH/c1-2-21-13-15-5-3-4-6-17(15)22-20(27)14-7-9-16(10-8-14)24-19(26)12-11-18(25)23-24;/h3-10,21H,2,11-13H2,1H3,(H,22,27)(H,23,25);1H. The highest BCUT2D eigenvalue weighted by molar-refractivity contribution is 6.05. The molecule has 2 aromatic rings. The Balaban J connectivity index is 0.00000280. The minimum Gasteiger partial charge on any atom is -0.322 e. The summed E-state index contributed by atoms with van der Waals surface area (Å²) < 4.78 is 0. The van der Waals surface area contributed by atoms with Crippen LogP contribution in [0.5, 0.6) is 0 Å². The summed E-state index contributed by atoms with van der Waals surface area (Å²) in [6.07, 6.45) is 0.374. The maximum atomic E-state index is 12.6. The zero-order valence-electron chi connectivity index (χ0n) is 15.5. The van der Waals surface area contributed by atoms with E-state index in [0.29, 0.717) is 17.8 Å². The summed E-state index contributed by atoms with van der Waals surface area (Å²) in [7, 11) is 0. The minimum atomic E-state index is -0.237. The van der Waals surface area contributed by atoms with Gasteiger partial charge in [-0.3, -0.25) is 19.8 Å². The van der Waals surface area contributed by atoms with Crippen molar-refractivity contribution >= 4 is 41.5 Å². The molecule has 0 spiro atoms. The van der Waals surface area contributed by atoms with Crippen LogP contribution >= 0.6 is 12.4 Å². The first-order chi connectivity index (χ1) is 13.1. The average Bonchev–Trinajstić information content (AvgIpc) is 2.69. The van der Waals surface area contributed by atoms with Gasteiger partial charge in [0.2, 0.25) is 11.8 Å². The molecular formula is C20H23ClN4O3. The predicted molar refractivity (Wildman–Crippen MR) is 110 cm³/mol. The Morgan fingerprint density at radius 2 is 1.79 bits per heavy atom. The zero-order chi connectivity index (χ0) is 19.2. The molecule has 0 aromatic heterocycles. The molecule has 3 amide bonds. The molecule has 0 radical (unpaired) electrons. The molecule has 1 saturated heterocycles. The molecule has 1 aliphatic rings. The normalized spacial score (nSPS) is 13.5. The molecule has 2 aromatic carbocycles. The second-order valence-corrected chi connectivity index (χ2v) is 6.20. The zero-order valence-corrected chi connectivity index (χ0v) is 16.3. The number of carbonyl (C=O) groups is 3. The van der Waals surface area contributed by atoms with Crippen molar-refractivity contribution in [3.05, 3.63) is 59.7 Å². The molecule has 1 heterocycles. The van der Waals surface area contributed by atoms with Gasteiger partial charge in [0, 0.05) is 30.6 Å². The van der Waals surface area contributed by atoms with Gasteiger partial charge in [-0.05, 0) is 42.4 Å². The molecule has 0 bridgehead atoms. The maximum Gasteiger partial charge on any atom is 0.255 e. The Morgan fingerprint density at radius 3 is 2.50 bits per heavy atom. The van der Waals surface area contributed by atoms with Gasteiger partial charge >= 0.3 is 0 Å². The first-order valence-corrected chi connectivity index (χ1v) is 8.91. The minimum absolute atomic E-state index is 0. The number of anilines is 2. The van der Waals surface area contributed by atoms with Crippen LogP contribution in [-0.2, 0) is 16.1 Å². The summed E-state index contributed by atoms with van der Waals surface area (Å²) in [6.45, 7) is 3.54. The topological polar surface area (TPSA) is 90.5 Å². The van der Waals surface area contributed by atoms with Gasteiger partial charge in [-0.2, -0.15) is 0 Å². The molecular weight excluding hydrogens is 380 g/mol. The first kappa shape index (κ1) is 21.4. The van der Waals surface area contributed by atoms with Gasteiger partial charge in [0.25, 0.3) is 5.91 Å². The number of hydrogen-bond acceptors (Lipinski definition) is 4. The Labute approximate surface area is 169 Å². The summed E-state index contributed by atoms with van der Waals surface area (Å²) in [5, 5.41) is 7.39. The summed E-state index contributed by atoms with van der Waals surface area (Å²) in [6, 6.07) is 14.2. The average molecular weight is 403 g/mol. The van der Waals surface area contributed by atoms with Crippen molar-refractivity contribution in [1.29, 1.82) is 0 Å². The fourth-order valence-electron chi connectivity index (χ4n) is 2.80. The number of para-hydroxylation sites is 1. The van der Waals surface area contributed by atoms with Gasteiger partial charge in [0.15, 0.2) is 0 Å². The number of amides is 3. The van der Waals surface area contributed by atoms with Crippen molar-refractivity contribution in [1.82, 2.24) is 10.7 Å². The largest absolute Gasteiger partial charge is 0.322 e. The Bertz CT molecular complexity index is 855. The lowest BCUT2D eigenvalue weighted by atomic mass is 10.1. The van der Waals surface area contributed by atoms with Crippen molar-refractivity contribution in [3.8, 4) is 0 Å². The van der Waals surface area contributed by atoms with Gasteiger partial charge in [-0.25, -0.2) is 5.01 Å². The molecule has 7 nitrogen and oxygen atoms in total.